The molecule has 0 aliphatic heterocycles. The number of amides is 2. The van der Waals surface area contributed by atoms with E-state index in [0.717, 1.165) is 10.2 Å². The van der Waals surface area contributed by atoms with E-state index in [4.69, 9.17) is 4.74 Å². The molecule has 0 fully saturated rings. The van der Waals surface area contributed by atoms with Gasteiger partial charge in [-0.1, -0.05) is 33.8 Å². The van der Waals surface area contributed by atoms with E-state index in [1.54, 1.807) is 42.9 Å². The second-order valence-corrected chi connectivity index (χ2v) is 10.1. The van der Waals surface area contributed by atoms with Gasteiger partial charge in [-0.05, 0) is 61.5 Å². The number of nitro benzene ring substituents is 1. The molecule has 0 atom stereocenters. The number of hydrogen-bond donors (Lipinski definition) is 2. The number of nitro groups is 1. The first-order valence-corrected chi connectivity index (χ1v) is 13.3. The van der Waals surface area contributed by atoms with E-state index in [1.165, 1.54) is 30.0 Å². The van der Waals surface area contributed by atoms with Crippen LogP contribution in [0.1, 0.15) is 21.7 Å². The predicted octanol–water partition coefficient (Wildman–Crippen LogP) is 4.92. The van der Waals surface area contributed by atoms with Crippen LogP contribution in [0.2, 0.25) is 0 Å². The molecular weight excluding hydrogens is 588 g/mol. The maximum Gasteiger partial charge on any atom is 0.273 e. The van der Waals surface area contributed by atoms with Gasteiger partial charge < -0.3 is 15.4 Å². The first-order valence-electron chi connectivity index (χ1n) is 11.6. The summed E-state index contributed by atoms with van der Waals surface area (Å²) in [5, 5.41) is 25.8. The largest absolute Gasteiger partial charge is 0.497 e. The van der Waals surface area contributed by atoms with Crippen LogP contribution in [0.25, 0.3) is 5.69 Å². The molecule has 0 unspecified atom stereocenters. The predicted molar refractivity (Wildman–Crippen MR) is 150 cm³/mol. The highest BCUT2D eigenvalue weighted by Crippen LogP contribution is 2.25. The second kappa shape index (κ2) is 12.5. The minimum atomic E-state index is -0.523. The van der Waals surface area contributed by atoms with Crippen molar-refractivity contribution >= 4 is 50.9 Å². The minimum Gasteiger partial charge on any atom is -0.497 e. The van der Waals surface area contributed by atoms with Gasteiger partial charge >= 0.3 is 0 Å². The zero-order chi connectivity index (χ0) is 27.9. The van der Waals surface area contributed by atoms with Crippen molar-refractivity contribution in [3.05, 3.63) is 98.3 Å². The van der Waals surface area contributed by atoms with Crippen molar-refractivity contribution in [1.29, 1.82) is 0 Å². The average molecular weight is 611 g/mol. The number of anilines is 1. The molecule has 3 aromatic carbocycles. The van der Waals surface area contributed by atoms with Crippen LogP contribution in [0.15, 0.2) is 76.4 Å². The van der Waals surface area contributed by atoms with Crippen molar-refractivity contribution in [3.8, 4) is 11.4 Å². The third-order valence-electron chi connectivity index (χ3n) is 5.57. The van der Waals surface area contributed by atoms with Gasteiger partial charge in [-0.15, -0.1) is 10.2 Å². The molecule has 2 N–H and O–H groups in total. The van der Waals surface area contributed by atoms with Gasteiger partial charge in [-0.3, -0.25) is 24.3 Å². The molecule has 0 saturated carbocycles. The number of methoxy groups -OCH3 is 1. The Balaban J connectivity index is 1.49. The van der Waals surface area contributed by atoms with Crippen LogP contribution in [-0.2, 0) is 11.3 Å². The Bertz CT molecular complexity index is 1510. The molecule has 0 aliphatic rings. The van der Waals surface area contributed by atoms with Crippen LogP contribution in [0.5, 0.6) is 5.75 Å². The topological polar surface area (TPSA) is 141 Å². The van der Waals surface area contributed by atoms with E-state index in [2.05, 4.69) is 36.8 Å². The lowest BCUT2D eigenvalue weighted by Gasteiger charge is -2.12. The number of nitrogens with one attached hydrogen (secondary N) is 2. The Morgan fingerprint density at radius 2 is 1.79 bits per heavy atom. The zero-order valence-corrected chi connectivity index (χ0v) is 23.3. The summed E-state index contributed by atoms with van der Waals surface area (Å²) in [4.78, 5) is 36.1. The number of aromatic nitrogens is 3. The third kappa shape index (κ3) is 7.00. The number of carbonyl (C=O) groups is 2. The number of rotatable bonds is 10. The molecule has 4 rings (SSSR count). The van der Waals surface area contributed by atoms with Crippen LogP contribution >= 0.6 is 27.7 Å². The summed E-state index contributed by atoms with van der Waals surface area (Å²) in [7, 11) is 1.57. The summed E-state index contributed by atoms with van der Waals surface area (Å²) in [5.74, 6) is 0.457. The number of aryl methyl sites for hydroxylation is 1. The molecule has 0 aliphatic carbocycles. The van der Waals surface area contributed by atoms with Crippen molar-refractivity contribution in [3.63, 3.8) is 0 Å². The SMILES string of the molecule is COc1ccc(NC(=O)CSc2nnc(CNC(=O)c3ccc(C)c([N+](=O)[O-])c3)n2-c2ccc(Br)cc2)cc1. The highest BCUT2D eigenvalue weighted by atomic mass is 79.9. The lowest BCUT2D eigenvalue weighted by Crippen LogP contribution is -2.25. The summed E-state index contributed by atoms with van der Waals surface area (Å²) in [5.41, 5.74) is 1.86. The number of nitrogens with zero attached hydrogens (tertiary/aromatic N) is 4. The summed E-state index contributed by atoms with van der Waals surface area (Å²) in [6, 6.07) is 18.7. The van der Waals surface area contributed by atoms with Gasteiger partial charge in [-0.25, -0.2) is 0 Å². The molecule has 2 amide bonds. The molecule has 200 valence electrons. The lowest BCUT2D eigenvalue weighted by molar-refractivity contribution is -0.385. The summed E-state index contributed by atoms with van der Waals surface area (Å²) in [6.45, 7) is 1.61. The zero-order valence-electron chi connectivity index (χ0n) is 20.9. The Hall–Kier alpha value is -4.23. The Kier molecular flexibility index (Phi) is 8.94. The van der Waals surface area contributed by atoms with Gasteiger partial charge in [0.1, 0.15) is 5.75 Å². The molecule has 0 saturated heterocycles. The van der Waals surface area contributed by atoms with Crippen LogP contribution in [-0.4, -0.2) is 44.4 Å². The normalized spacial score (nSPS) is 10.6. The molecule has 11 nitrogen and oxygen atoms in total. The lowest BCUT2D eigenvalue weighted by atomic mass is 10.1. The molecule has 0 bridgehead atoms. The first kappa shape index (κ1) is 27.8. The maximum atomic E-state index is 12.8. The van der Waals surface area contributed by atoms with E-state index in [-0.39, 0.29) is 29.5 Å². The summed E-state index contributed by atoms with van der Waals surface area (Å²) >= 11 is 4.61. The van der Waals surface area contributed by atoms with Gasteiger partial charge in [0.15, 0.2) is 11.0 Å². The Morgan fingerprint density at radius 3 is 2.46 bits per heavy atom. The van der Waals surface area contributed by atoms with Crippen molar-refractivity contribution in [1.82, 2.24) is 20.1 Å². The number of carbonyl (C=O) groups excluding carboxylic acids is 2. The maximum absolute atomic E-state index is 12.8. The van der Waals surface area contributed by atoms with E-state index >= 15 is 0 Å². The fraction of sp³-hybridized carbons (Fsp3) is 0.154. The van der Waals surface area contributed by atoms with E-state index in [0.29, 0.717) is 28.0 Å². The van der Waals surface area contributed by atoms with Crippen LogP contribution in [0, 0.1) is 17.0 Å². The third-order valence-corrected chi connectivity index (χ3v) is 7.02. The number of benzene rings is 3. The Morgan fingerprint density at radius 1 is 1.08 bits per heavy atom. The van der Waals surface area contributed by atoms with Crippen molar-refractivity contribution < 1.29 is 19.2 Å². The molecule has 39 heavy (non-hydrogen) atoms. The molecule has 4 aromatic rings. The van der Waals surface area contributed by atoms with Crippen molar-refractivity contribution in [2.75, 3.05) is 18.2 Å². The van der Waals surface area contributed by atoms with Gasteiger partial charge in [-0.2, -0.15) is 0 Å². The van der Waals surface area contributed by atoms with Crippen molar-refractivity contribution in [2.45, 2.75) is 18.6 Å². The molecular formula is C26H23BrN6O5S. The fourth-order valence-corrected chi connectivity index (χ4v) is 4.60. The van der Waals surface area contributed by atoms with Crippen LogP contribution < -0.4 is 15.4 Å². The monoisotopic (exact) mass is 610 g/mol. The summed E-state index contributed by atoms with van der Waals surface area (Å²) < 4.78 is 7.76. The quantitative estimate of drug-likeness (QED) is 0.146. The number of halogens is 1. The van der Waals surface area contributed by atoms with Gasteiger partial charge in [0.05, 0.1) is 24.3 Å². The van der Waals surface area contributed by atoms with Gasteiger partial charge in [0, 0.05) is 33.0 Å². The summed E-state index contributed by atoms with van der Waals surface area (Å²) in [6.07, 6.45) is 0. The first-order chi connectivity index (χ1) is 18.7. The minimum absolute atomic E-state index is 0.00216. The fourth-order valence-electron chi connectivity index (χ4n) is 3.57. The average Bonchev–Trinajstić information content (AvgIpc) is 3.34. The number of hydrogen-bond acceptors (Lipinski definition) is 8. The van der Waals surface area contributed by atoms with Crippen LogP contribution in [0.4, 0.5) is 11.4 Å². The highest BCUT2D eigenvalue weighted by Gasteiger charge is 2.19. The Labute approximate surface area is 236 Å². The molecule has 0 spiro atoms. The van der Waals surface area contributed by atoms with E-state index in [9.17, 15) is 19.7 Å². The van der Waals surface area contributed by atoms with Crippen LogP contribution in [0.3, 0.4) is 0 Å². The number of ether oxygens (including phenoxy) is 1. The molecule has 13 heteroatoms. The van der Waals surface area contributed by atoms with Gasteiger partial charge in [0.25, 0.3) is 11.6 Å². The smallest absolute Gasteiger partial charge is 0.273 e. The standard InChI is InChI=1S/C26H23BrN6O5S/c1-16-3-4-17(13-22(16)33(36)37)25(35)28-14-23-30-31-26(32(23)20-9-5-18(27)6-10-20)39-15-24(34)29-19-7-11-21(38-2)12-8-19/h3-13H,14-15H2,1-2H3,(H,28,35)(H,29,34). The molecule has 1 aromatic heterocycles. The van der Waals surface area contributed by atoms with E-state index < -0.39 is 10.8 Å². The number of thioether (sulfide) groups is 1. The second-order valence-electron chi connectivity index (χ2n) is 8.22. The van der Waals surface area contributed by atoms with E-state index in [1.807, 2.05) is 24.3 Å². The van der Waals surface area contributed by atoms with Gasteiger partial charge in [0.2, 0.25) is 5.91 Å². The highest BCUT2D eigenvalue weighted by molar-refractivity contribution is 9.10. The molecule has 1 heterocycles. The molecule has 0 radical (unpaired) electrons. The van der Waals surface area contributed by atoms with Crippen molar-refractivity contribution in [2.24, 2.45) is 0 Å².